The minimum absolute atomic E-state index is 0.148. The summed E-state index contributed by atoms with van der Waals surface area (Å²) in [5, 5.41) is 14.1. The van der Waals surface area contributed by atoms with Crippen LogP contribution in [0.15, 0.2) is 60.9 Å². The van der Waals surface area contributed by atoms with E-state index in [1.165, 1.54) is 11.0 Å². The van der Waals surface area contributed by atoms with Crippen LogP contribution in [0.2, 0.25) is 0 Å². The maximum Gasteiger partial charge on any atom is 0.249 e. The highest BCUT2D eigenvalue weighted by atomic mass is 16.2. The Morgan fingerprint density at radius 2 is 1.87 bits per heavy atom. The van der Waals surface area contributed by atoms with Crippen molar-refractivity contribution in [1.29, 1.82) is 0 Å². The Morgan fingerprint density at radius 1 is 1.13 bits per heavy atom. The first-order chi connectivity index (χ1) is 11.2. The van der Waals surface area contributed by atoms with Crippen molar-refractivity contribution < 1.29 is 4.79 Å². The molecule has 1 aromatic heterocycles. The van der Waals surface area contributed by atoms with Gasteiger partial charge in [0.15, 0.2) is 0 Å². The highest BCUT2D eigenvalue weighted by molar-refractivity contribution is 5.93. The van der Waals surface area contributed by atoms with Crippen molar-refractivity contribution in [1.82, 2.24) is 20.2 Å². The standard InChI is InChI=1S/C17H17N5O/c1-13-7-9-15(10-8-13)19-17(23)16(22-12-18-20-21-22)11-14-5-3-2-4-6-14/h2-10,12,16H,11H2,1H3,(H,19,23). The summed E-state index contributed by atoms with van der Waals surface area (Å²) in [5.41, 5.74) is 2.95. The molecule has 1 amide bonds. The highest BCUT2D eigenvalue weighted by Gasteiger charge is 2.22. The maximum atomic E-state index is 12.7. The van der Waals surface area contributed by atoms with Gasteiger partial charge in [-0.05, 0) is 35.0 Å². The van der Waals surface area contributed by atoms with Gasteiger partial charge < -0.3 is 5.32 Å². The molecule has 0 bridgehead atoms. The van der Waals surface area contributed by atoms with Crippen LogP contribution in [0.1, 0.15) is 17.2 Å². The number of tetrazole rings is 1. The molecule has 116 valence electrons. The molecule has 0 spiro atoms. The molecule has 1 N–H and O–H groups in total. The van der Waals surface area contributed by atoms with Crippen molar-refractivity contribution in [2.24, 2.45) is 0 Å². The van der Waals surface area contributed by atoms with Gasteiger partial charge in [0.2, 0.25) is 5.91 Å². The number of carbonyl (C=O) groups is 1. The molecule has 6 heteroatoms. The smallest absolute Gasteiger partial charge is 0.249 e. The molecule has 0 aliphatic rings. The van der Waals surface area contributed by atoms with E-state index in [1.807, 2.05) is 61.5 Å². The number of carbonyl (C=O) groups excluding carboxylic acids is 1. The summed E-state index contributed by atoms with van der Waals surface area (Å²) in [4.78, 5) is 12.7. The van der Waals surface area contributed by atoms with Gasteiger partial charge >= 0.3 is 0 Å². The summed E-state index contributed by atoms with van der Waals surface area (Å²) in [6.45, 7) is 2.00. The van der Waals surface area contributed by atoms with Crippen LogP contribution in [-0.4, -0.2) is 26.1 Å². The second kappa shape index (κ2) is 6.83. The molecule has 0 fully saturated rings. The lowest BCUT2D eigenvalue weighted by Gasteiger charge is -2.16. The molecule has 1 atom stereocenters. The van der Waals surface area contributed by atoms with Crippen LogP contribution in [-0.2, 0) is 11.2 Å². The van der Waals surface area contributed by atoms with E-state index < -0.39 is 6.04 Å². The van der Waals surface area contributed by atoms with Gasteiger partial charge in [-0.2, -0.15) is 0 Å². The van der Waals surface area contributed by atoms with Crippen molar-refractivity contribution >= 4 is 11.6 Å². The van der Waals surface area contributed by atoms with Crippen molar-refractivity contribution in [3.8, 4) is 0 Å². The Labute approximate surface area is 134 Å². The Balaban J connectivity index is 1.80. The van der Waals surface area contributed by atoms with Gasteiger partial charge in [0.25, 0.3) is 0 Å². The molecule has 3 rings (SSSR count). The van der Waals surface area contributed by atoms with Crippen molar-refractivity contribution in [3.63, 3.8) is 0 Å². The summed E-state index contributed by atoms with van der Waals surface area (Å²) in [6.07, 6.45) is 1.98. The summed E-state index contributed by atoms with van der Waals surface area (Å²) < 4.78 is 1.48. The normalized spacial score (nSPS) is 11.9. The molecule has 6 nitrogen and oxygen atoms in total. The Bertz CT molecular complexity index is 753. The molecule has 0 aliphatic carbocycles. The Hall–Kier alpha value is -3.02. The van der Waals surface area contributed by atoms with Crippen molar-refractivity contribution in [2.75, 3.05) is 5.32 Å². The van der Waals surface area contributed by atoms with E-state index in [0.717, 1.165) is 16.8 Å². The quantitative estimate of drug-likeness (QED) is 0.785. The fraction of sp³-hybridized carbons (Fsp3) is 0.176. The van der Waals surface area contributed by atoms with Crippen molar-refractivity contribution in [2.45, 2.75) is 19.4 Å². The Morgan fingerprint density at radius 3 is 2.52 bits per heavy atom. The third kappa shape index (κ3) is 3.79. The summed E-state index contributed by atoms with van der Waals surface area (Å²) in [6, 6.07) is 17.0. The van der Waals surface area contributed by atoms with E-state index in [2.05, 4.69) is 20.8 Å². The van der Waals surface area contributed by atoms with Crippen LogP contribution < -0.4 is 5.32 Å². The molecular formula is C17H17N5O. The average molecular weight is 307 g/mol. The molecule has 1 heterocycles. The SMILES string of the molecule is Cc1ccc(NC(=O)C(Cc2ccccc2)n2cnnn2)cc1. The second-order valence-electron chi connectivity index (χ2n) is 5.35. The molecule has 0 saturated heterocycles. The summed E-state index contributed by atoms with van der Waals surface area (Å²) >= 11 is 0. The van der Waals surface area contributed by atoms with E-state index >= 15 is 0 Å². The van der Waals surface area contributed by atoms with Crippen LogP contribution in [0, 0.1) is 6.92 Å². The number of hydrogen-bond donors (Lipinski definition) is 1. The third-order valence-corrected chi connectivity index (χ3v) is 3.58. The molecule has 0 aliphatic heterocycles. The van der Waals surface area contributed by atoms with E-state index in [1.54, 1.807) is 0 Å². The highest BCUT2D eigenvalue weighted by Crippen LogP contribution is 2.16. The van der Waals surface area contributed by atoms with Crippen LogP contribution in [0.25, 0.3) is 0 Å². The first kappa shape index (κ1) is 14.9. The van der Waals surface area contributed by atoms with Crippen LogP contribution >= 0.6 is 0 Å². The van der Waals surface area contributed by atoms with Gasteiger partial charge in [-0.1, -0.05) is 48.0 Å². The molecular weight excluding hydrogens is 290 g/mol. The number of hydrogen-bond acceptors (Lipinski definition) is 4. The molecule has 3 aromatic rings. The predicted octanol–water partition coefficient (Wildman–Crippen LogP) is 2.40. The number of benzene rings is 2. The summed E-state index contributed by atoms with van der Waals surface area (Å²) in [5.74, 6) is -0.148. The number of aromatic nitrogens is 4. The molecule has 23 heavy (non-hydrogen) atoms. The van der Waals surface area contributed by atoms with Gasteiger partial charge in [0.1, 0.15) is 12.4 Å². The van der Waals surface area contributed by atoms with Crippen molar-refractivity contribution in [3.05, 3.63) is 72.1 Å². The lowest BCUT2D eigenvalue weighted by Crippen LogP contribution is -2.28. The number of nitrogens with zero attached hydrogens (tertiary/aromatic N) is 4. The van der Waals surface area contributed by atoms with E-state index in [4.69, 9.17) is 0 Å². The molecule has 1 unspecified atom stereocenters. The summed E-state index contributed by atoms with van der Waals surface area (Å²) in [7, 11) is 0. The largest absolute Gasteiger partial charge is 0.324 e. The van der Waals surface area contributed by atoms with Crippen LogP contribution in [0.5, 0.6) is 0 Å². The minimum atomic E-state index is -0.506. The molecule has 2 aromatic carbocycles. The molecule has 0 saturated carbocycles. The fourth-order valence-corrected chi connectivity index (χ4v) is 2.32. The third-order valence-electron chi connectivity index (χ3n) is 3.58. The van der Waals surface area contributed by atoms with Gasteiger partial charge in [-0.3, -0.25) is 4.79 Å². The van der Waals surface area contributed by atoms with Gasteiger partial charge in [0.05, 0.1) is 0 Å². The topological polar surface area (TPSA) is 72.7 Å². The van der Waals surface area contributed by atoms with Gasteiger partial charge in [0, 0.05) is 12.1 Å². The number of rotatable bonds is 5. The first-order valence-corrected chi connectivity index (χ1v) is 7.36. The number of anilines is 1. The van der Waals surface area contributed by atoms with Gasteiger partial charge in [-0.15, -0.1) is 5.10 Å². The minimum Gasteiger partial charge on any atom is -0.324 e. The van der Waals surface area contributed by atoms with E-state index in [0.29, 0.717) is 6.42 Å². The van der Waals surface area contributed by atoms with E-state index in [9.17, 15) is 4.79 Å². The predicted molar refractivity (Wildman–Crippen MR) is 86.8 cm³/mol. The van der Waals surface area contributed by atoms with Gasteiger partial charge in [-0.25, -0.2) is 4.68 Å². The number of aryl methyl sites for hydroxylation is 1. The monoisotopic (exact) mass is 307 g/mol. The zero-order valence-corrected chi connectivity index (χ0v) is 12.8. The van der Waals surface area contributed by atoms with E-state index in [-0.39, 0.29) is 5.91 Å². The van der Waals surface area contributed by atoms with Crippen LogP contribution in [0.3, 0.4) is 0 Å². The lowest BCUT2D eigenvalue weighted by atomic mass is 10.1. The lowest BCUT2D eigenvalue weighted by molar-refractivity contribution is -0.119. The average Bonchev–Trinajstić information content (AvgIpc) is 3.10. The maximum absolute atomic E-state index is 12.7. The number of amides is 1. The zero-order chi connectivity index (χ0) is 16.1. The second-order valence-corrected chi connectivity index (χ2v) is 5.35. The Kier molecular flexibility index (Phi) is 4.42. The molecule has 0 radical (unpaired) electrons. The number of nitrogens with one attached hydrogen (secondary N) is 1. The first-order valence-electron chi connectivity index (χ1n) is 7.36. The fourth-order valence-electron chi connectivity index (χ4n) is 2.32. The van der Waals surface area contributed by atoms with Crippen LogP contribution in [0.4, 0.5) is 5.69 Å². The zero-order valence-electron chi connectivity index (χ0n) is 12.8.